The summed E-state index contributed by atoms with van der Waals surface area (Å²) in [5.41, 5.74) is 0. The Morgan fingerprint density at radius 2 is 1.47 bits per heavy atom. The molecule has 6 heteroatoms. The Labute approximate surface area is 213 Å². The van der Waals surface area contributed by atoms with Crippen LogP contribution in [0.1, 0.15) is 78.6 Å². The zero-order valence-electron chi connectivity index (χ0n) is 20.8. The minimum absolute atomic E-state index is 0.347. The molecule has 0 aromatic rings. The third kappa shape index (κ3) is 9.11. The first-order valence-corrected chi connectivity index (χ1v) is 15.4. The van der Waals surface area contributed by atoms with Crippen LogP contribution < -0.4 is 10.0 Å². The Balaban J connectivity index is 1.39. The molecule has 0 aromatic carbocycles. The van der Waals surface area contributed by atoms with Gasteiger partial charge in [0.1, 0.15) is 0 Å². The first kappa shape index (κ1) is 27.4. The van der Waals surface area contributed by atoms with Crippen LogP contribution in [0.2, 0.25) is 0 Å². The molecule has 2 N–H and O–H groups in total. The summed E-state index contributed by atoms with van der Waals surface area (Å²) in [6, 6.07) is 0.584. The van der Waals surface area contributed by atoms with E-state index in [9.17, 15) is 0 Å². The van der Waals surface area contributed by atoms with E-state index in [0.29, 0.717) is 28.6 Å². The van der Waals surface area contributed by atoms with Crippen LogP contribution in [0.3, 0.4) is 0 Å². The number of hydrogen-bond donors (Lipinski definition) is 2. The van der Waals surface area contributed by atoms with Crippen molar-refractivity contribution in [2.24, 2.45) is 29.6 Å². The predicted octanol–water partition coefficient (Wildman–Crippen LogP) is 6.39. The molecule has 4 atom stereocenters. The SMILES string of the molecule is CCSNCC1CC(Cl)CC(CN[C@@H](CN2CCC(C3CCC(Cl)CC3)CC2)C(C)C)C1. The molecule has 188 valence electrons. The molecule has 1 heterocycles. The fourth-order valence-corrected chi connectivity index (χ4v) is 7.67. The topological polar surface area (TPSA) is 27.3 Å². The molecule has 3 aliphatic rings. The number of nitrogens with one attached hydrogen (secondary N) is 2. The first-order chi connectivity index (χ1) is 15.4. The summed E-state index contributed by atoms with van der Waals surface area (Å²) in [6.07, 6.45) is 11.7. The summed E-state index contributed by atoms with van der Waals surface area (Å²) in [7, 11) is 0. The van der Waals surface area contributed by atoms with Crippen molar-refractivity contribution in [3.63, 3.8) is 0 Å². The third-order valence-corrected chi connectivity index (χ3v) is 9.84. The van der Waals surface area contributed by atoms with Crippen LogP contribution >= 0.6 is 35.1 Å². The minimum Gasteiger partial charge on any atom is -0.312 e. The predicted molar refractivity (Wildman–Crippen MR) is 144 cm³/mol. The zero-order chi connectivity index (χ0) is 22.9. The third-order valence-electron chi connectivity index (χ3n) is 8.39. The van der Waals surface area contributed by atoms with E-state index in [1.165, 1.54) is 77.4 Å². The average Bonchev–Trinajstić information content (AvgIpc) is 2.77. The molecule has 3 nitrogen and oxygen atoms in total. The lowest BCUT2D eigenvalue weighted by molar-refractivity contribution is 0.112. The van der Waals surface area contributed by atoms with Crippen LogP contribution in [0.25, 0.3) is 0 Å². The van der Waals surface area contributed by atoms with E-state index in [-0.39, 0.29) is 0 Å². The summed E-state index contributed by atoms with van der Waals surface area (Å²) in [4.78, 5) is 2.74. The highest BCUT2D eigenvalue weighted by atomic mass is 35.5. The molecule has 0 spiro atoms. The van der Waals surface area contributed by atoms with Gasteiger partial charge in [0, 0.05) is 35.6 Å². The second kappa shape index (κ2) is 14.4. The molecular weight excluding hydrogens is 457 g/mol. The van der Waals surface area contributed by atoms with E-state index in [0.717, 1.165) is 36.6 Å². The maximum atomic E-state index is 6.66. The Bertz CT molecular complexity index is 507. The van der Waals surface area contributed by atoms with Gasteiger partial charge in [0.05, 0.1) is 0 Å². The van der Waals surface area contributed by atoms with Gasteiger partial charge in [0.2, 0.25) is 0 Å². The van der Waals surface area contributed by atoms with Crippen LogP contribution in [0.15, 0.2) is 0 Å². The minimum atomic E-state index is 0.347. The van der Waals surface area contributed by atoms with Crippen molar-refractivity contribution in [2.45, 2.75) is 95.4 Å². The van der Waals surface area contributed by atoms with Gasteiger partial charge in [-0.25, -0.2) is 0 Å². The lowest BCUT2D eigenvalue weighted by Crippen LogP contribution is -2.49. The van der Waals surface area contributed by atoms with E-state index >= 15 is 0 Å². The number of alkyl halides is 2. The van der Waals surface area contributed by atoms with Gasteiger partial charge in [-0.05, 0) is 107 Å². The fraction of sp³-hybridized carbons (Fsp3) is 1.00. The highest BCUT2D eigenvalue weighted by Crippen LogP contribution is 2.37. The lowest BCUT2D eigenvalue weighted by Gasteiger charge is -2.40. The number of nitrogens with zero attached hydrogens (tertiary/aromatic N) is 1. The Hall–Kier alpha value is 0.810. The second-order valence-electron chi connectivity index (χ2n) is 11.2. The van der Waals surface area contributed by atoms with Crippen molar-refractivity contribution < 1.29 is 0 Å². The fourth-order valence-electron chi connectivity index (χ4n) is 6.36. The quantitative estimate of drug-likeness (QED) is 0.193. The van der Waals surface area contributed by atoms with E-state index < -0.39 is 0 Å². The van der Waals surface area contributed by atoms with Crippen molar-refractivity contribution in [3.8, 4) is 0 Å². The molecule has 2 saturated carbocycles. The molecule has 3 unspecified atom stereocenters. The Morgan fingerprint density at radius 1 is 0.844 bits per heavy atom. The van der Waals surface area contributed by atoms with Crippen LogP contribution in [0.4, 0.5) is 0 Å². The second-order valence-corrected chi connectivity index (χ2v) is 13.6. The molecular formula is C26H49Cl2N3S. The van der Waals surface area contributed by atoms with E-state index in [2.05, 4.69) is 35.7 Å². The maximum absolute atomic E-state index is 6.66. The van der Waals surface area contributed by atoms with Gasteiger partial charge in [-0.2, -0.15) is 0 Å². The summed E-state index contributed by atoms with van der Waals surface area (Å²) in [6.45, 7) is 13.0. The van der Waals surface area contributed by atoms with Gasteiger partial charge >= 0.3 is 0 Å². The van der Waals surface area contributed by atoms with Crippen molar-refractivity contribution >= 4 is 35.1 Å². The smallest absolute Gasteiger partial charge is 0.0342 e. The lowest BCUT2D eigenvalue weighted by atomic mass is 9.75. The summed E-state index contributed by atoms with van der Waals surface area (Å²) in [5, 5.41) is 4.78. The van der Waals surface area contributed by atoms with Gasteiger partial charge in [0.25, 0.3) is 0 Å². The van der Waals surface area contributed by atoms with Gasteiger partial charge in [0.15, 0.2) is 0 Å². The molecule has 0 bridgehead atoms. The molecule has 0 aromatic heterocycles. The normalized spacial score (nSPS) is 34.1. The molecule has 3 rings (SSSR count). The van der Waals surface area contributed by atoms with E-state index in [4.69, 9.17) is 23.2 Å². The van der Waals surface area contributed by atoms with Gasteiger partial charge in [-0.1, -0.05) is 32.7 Å². The monoisotopic (exact) mass is 505 g/mol. The number of rotatable bonds is 11. The molecule has 32 heavy (non-hydrogen) atoms. The van der Waals surface area contributed by atoms with Crippen molar-refractivity contribution in [2.75, 3.05) is 38.5 Å². The maximum Gasteiger partial charge on any atom is 0.0342 e. The molecule has 0 radical (unpaired) electrons. The van der Waals surface area contributed by atoms with Crippen molar-refractivity contribution in [1.29, 1.82) is 0 Å². The van der Waals surface area contributed by atoms with Crippen LogP contribution in [0.5, 0.6) is 0 Å². The largest absolute Gasteiger partial charge is 0.312 e. The Morgan fingerprint density at radius 3 is 2.09 bits per heavy atom. The highest BCUT2D eigenvalue weighted by Gasteiger charge is 2.31. The van der Waals surface area contributed by atoms with Crippen molar-refractivity contribution in [3.05, 3.63) is 0 Å². The molecule has 1 saturated heterocycles. The van der Waals surface area contributed by atoms with Crippen LogP contribution in [0, 0.1) is 29.6 Å². The average molecular weight is 507 g/mol. The zero-order valence-corrected chi connectivity index (χ0v) is 23.2. The molecule has 3 fully saturated rings. The molecule has 1 aliphatic heterocycles. The molecule has 0 amide bonds. The van der Waals surface area contributed by atoms with Crippen LogP contribution in [-0.2, 0) is 0 Å². The standard InChI is InChI=1S/C26H49Cl2N3S/c1-4-32-30-17-21-13-20(14-25(28)15-21)16-29-26(19(2)3)18-31-11-9-23(10-12-31)22-5-7-24(27)8-6-22/h19-26,29-30H,4-18H2,1-3H3/t20?,21?,22?,24?,25?,26-/m0/s1. The summed E-state index contributed by atoms with van der Waals surface area (Å²) in [5.74, 6) is 5.13. The summed E-state index contributed by atoms with van der Waals surface area (Å²) < 4.78 is 3.54. The van der Waals surface area contributed by atoms with E-state index in [1.807, 2.05) is 11.9 Å². The van der Waals surface area contributed by atoms with Crippen molar-refractivity contribution in [1.82, 2.24) is 14.9 Å². The first-order valence-electron chi connectivity index (χ1n) is 13.5. The van der Waals surface area contributed by atoms with Gasteiger partial charge in [-0.15, -0.1) is 23.2 Å². The molecule has 2 aliphatic carbocycles. The van der Waals surface area contributed by atoms with E-state index in [1.54, 1.807) is 0 Å². The number of hydrogen-bond acceptors (Lipinski definition) is 4. The summed E-state index contributed by atoms with van der Waals surface area (Å²) >= 11 is 14.8. The Kier molecular flexibility index (Phi) is 12.3. The highest BCUT2D eigenvalue weighted by molar-refractivity contribution is 7.97. The van der Waals surface area contributed by atoms with Crippen LogP contribution in [-0.4, -0.2) is 60.2 Å². The van der Waals surface area contributed by atoms with Gasteiger partial charge in [-0.3, -0.25) is 4.72 Å². The van der Waals surface area contributed by atoms with Gasteiger partial charge < -0.3 is 10.2 Å². The number of likely N-dealkylation sites (tertiary alicyclic amines) is 1. The number of piperidine rings is 1. The number of halogens is 2.